The van der Waals surface area contributed by atoms with Gasteiger partial charge in [0.1, 0.15) is 6.61 Å². The lowest BCUT2D eigenvalue weighted by Gasteiger charge is -2.19. The van der Waals surface area contributed by atoms with Crippen LogP contribution in [0.15, 0.2) is 28.8 Å². The zero-order valence-corrected chi connectivity index (χ0v) is 11.2. The predicted molar refractivity (Wildman–Crippen MR) is 69.1 cm³/mol. The first-order valence-corrected chi connectivity index (χ1v) is 5.93. The zero-order valence-electron chi connectivity index (χ0n) is 11.2. The van der Waals surface area contributed by atoms with Crippen LogP contribution in [0.3, 0.4) is 0 Å². The lowest BCUT2D eigenvalue weighted by molar-refractivity contribution is 0.174. The summed E-state index contributed by atoms with van der Waals surface area (Å²) in [4.78, 5) is 4.29. The lowest BCUT2D eigenvalue weighted by atomic mass is 9.86. The van der Waals surface area contributed by atoms with Crippen LogP contribution in [0.2, 0.25) is 0 Å². The molecule has 0 aliphatic heterocycles. The second-order valence-electron chi connectivity index (χ2n) is 5.28. The van der Waals surface area contributed by atoms with E-state index in [1.807, 2.05) is 12.1 Å². The molecule has 4 nitrogen and oxygen atoms in total. The van der Waals surface area contributed by atoms with Gasteiger partial charge in [0.2, 0.25) is 0 Å². The van der Waals surface area contributed by atoms with Crippen molar-refractivity contribution >= 4 is 0 Å². The van der Waals surface area contributed by atoms with Gasteiger partial charge in [-0.2, -0.15) is 4.98 Å². The molecule has 0 fully saturated rings. The molecule has 1 aromatic carbocycles. The van der Waals surface area contributed by atoms with E-state index in [-0.39, 0.29) is 5.41 Å². The summed E-state index contributed by atoms with van der Waals surface area (Å²) < 4.78 is 10.2. The van der Waals surface area contributed by atoms with E-state index in [0.29, 0.717) is 18.3 Å². The van der Waals surface area contributed by atoms with Crippen molar-refractivity contribution in [3.63, 3.8) is 0 Å². The highest BCUT2D eigenvalue weighted by molar-refractivity contribution is 5.54. The van der Waals surface area contributed by atoms with Crippen LogP contribution in [0.25, 0.3) is 11.5 Å². The Morgan fingerprint density at radius 3 is 2.72 bits per heavy atom. The van der Waals surface area contributed by atoms with Gasteiger partial charge in [0.05, 0.1) is 0 Å². The standard InChI is InChI=1S/C14H18N2O2/c1-14(2,3)11-7-5-6-10(8-11)13-15-12(9-17-4)16-18-13/h5-8H,9H2,1-4H3. The molecule has 0 radical (unpaired) electrons. The van der Waals surface area contributed by atoms with Crippen LogP contribution in [-0.4, -0.2) is 17.3 Å². The summed E-state index contributed by atoms with van der Waals surface area (Å²) in [6.07, 6.45) is 0. The van der Waals surface area contributed by atoms with Crippen molar-refractivity contribution in [1.82, 2.24) is 10.1 Å². The second kappa shape index (κ2) is 4.90. The third-order valence-electron chi connectivity index (χ3n) is 2.72. The largest absolute Gasteiger partial charge is 0.377 e. The van der Waals surface area contributed by atoms with Gasteiger partial charge in [-0.15, -0.1) is 0 Å². The molecule has 1 heterocycles. The van der Waals surface area contributed by atoms with Crippen molar-refractivity contribution in [2.24, 2.45) is 0 Å². The van der Waals surface area contributed by atoms with Crippen LogP contribution in [0.5, 0.6) is 0 Å². The molecule has 4 heteroatoms. The van der Waals surface area contributed by atoms with E-state index in [0.717, 1.165) is 5.56 Å². The van der Waals surface area contributed by atoms with E-state index in [1.54, 1.807) is 7.11 Å². The number of hydrogen-bond acceptors (Lipinski definition) is 4. The smallest absolute Gasteiger partial charge is 0.258 e. The Bertz CT molecular complexity index is 527. The van der Waals surface area contributed by atoms with E-state index in [2.05, 4.69) is 43.0 Å². The molecule has 2 aromatic rings. The average Bonchev–Trinajstić information content (AvgIpc) is 2.77. The Labute approximate surface area is 107 Å². The highest BCUT2D eigenvalue weighted by Gasteiger charge is 2.16. The monoisotopic (exact) mass is 246 g/mol. The summed E-state index contributed by atoms with van der Waals surface area (Å²) in [5.41, 5.74) is 2.29. The van der Waals surface area contributed by atoms with Crippen LogP contribution in [0.1, 0.15) is 32.2 Å². The topological polar surface area (TPSA) is 48.2 Å². The minimum atomic E-state index is 0.103. The zero-order chi connectivity index (χ0) is 13.2. The molecule has 0 unspecified atom stereocenters. The SMILES string of the molecule is COCc1noc(-c2cccc(C(C)(C)C)c2)n1. The molecule has 0 saturated heterocycles. The van der Waals surface area contributed by atoms with Gasteiger partial charge in [-0.25, -0.2) is 0 Å². The molecule has 0 N–H and O–H groups in total. The molecule has 96 valence electrons. The van der Waals surface area contributed by atoms with Crippen molar-refractivity contribution in [2.75, 3.05) is 7.11 Å². The summed E-state index contributed by atoms with van der Waals surface area (Å²) >= 11 is 0. The second-order valence-corrected chi connectivity index (χ2v) is 5.28. The maximum Gasteiger partial charge on any atom is 0.258 e. The lowest BCUT2D eigenvalue weighted by Crippen LogP contribution is -2.10. The molecule has 0 aliphatic carbocycles. The minimum absolute atomic E-state index is 0.103. The van der Waals surface area contributed by atoms with Crippen molar-refractivity contribution in [3.8, 4) is 11.5 Å². The first-order valence-electron chi connectivity index (χ1n) is 5.93. The van der Waals surface area contributed by atoms with E-state index >= 15 is 0 Å². The van der Waals surface area contributed by atoms with E-state index in [4.69, 9.17) is 9.26 Å². The van der Waals surface area contributed by atoms with E-state index < -0.39 is 0 Å². The Kier molecular flexibility index (Phi) is 3.48. The van der Waals surface area contributed by atoms with Gasteiger partial charge in [0, 0.05) is 12.7 Å². The van der Waals surface area contributed by atoms with Crippen molar-refractivity contribution in [3.05, 3.63) is 35.7 Å². The Morgan fingerprint density at radius 1 is 1.28 bits per heavy atom. The van der Waals surface area contributed by atoms with Gasteiger partial charge in [-0.05, 0) is 23.1 Å². The Morgan fingerprint density at radius 2 is 2.06 bits per heavy atom. The van der Waals surface area contributed by atoms with Gasteiger partial charge in [-0.3, -0.25) is 0 Å². The third-order valence-corrected chi connectivity index (χ3v) is 2.72. The number of hydrogen-bond donors (Lipinski definition) is 0. The maximum absolute atomic E-state index is 5.23. The summed E-state index contributed by atoms with van der Waals surface area (Å²) in [6.45, 7) is 6.89. The van der Waals surface area contributed by atoms with Gasteiger partial charge < -0.3 is 9.26 Å². The van der Waals surface area contributed by atoms with Crippen LogP contribution < -0.4 is 0 Å². The fraction of sp³-hybridized carbons (Fsp3) is 0.429. The van der Waals surface area contributed by atoms with Gasteiger partial charge >= 0.3 is 0 Å². The van der Waals surface area contributed by atoms with E-state index in [9.17, 15) is 0 Å². The summed E-state index contributed by atoms with van der Waals surface area (Å²) in [5.74, 6) is 1.10. The number of rotatable bonds is 3. The van der Waals surface area contributed by atoms with Gasteiger partial charge in [0.15, 0.2) is 5.82 Å². The normalized spacial score (nSPS) is 11.8. The van der Waals surface area contributed by atoms with Crippen molar-refractivity contribution in [1.29, 1.82) is 0 Å². The number of methoxy groups -OCH3 is 1. The van der Waals surface area contributed by atoms with Crippen molar-refractivity contribution in [2.45, 2.75) is 32.8 Å². The minimum Gasteiger partial charge on any atom is -0.377 e. The van der Waals surface area contributed by atoms with Crippen molar-refractivity contribution < 1.29 is 9.26 Å². The van der Waals surface area contributed by atoms with Crippen LogP contribution >= 0.6 is 0 Å². The Hall–Kier alpha value is -1.68. The molecule has 0 aliphatic rings. The highest BCUT2D eigenvalue weighted by Crippen LogP contribution is 2.26. The number of benzene rings is 1. The number of nitrogens with zero attached hydrogens (tertiary/aromatic N) is 2. The molecule has 1 aromatic heterocycles. The molecule has 2 rings (SSSR count). The third kappa shape index (κ3) is 2.76. The fourth-order valence-electron chi connectivity index (χ4n) is 1.68. The highest BCUT2D eigenvalue weighted by atomic mass is 16.5. The predicted octanol–water partition coefficient (Wildman–Crippen LogP) is 3.18. The summed E-state index contributed by atoms with van der Waals surface area (Å²) in [6, 6.07) is 8.18. The van der Waals surface area contributed by atoms with E-state index in [1.165, 1.54) is 5.56 Å². The quantitative estimate of drug-likeness (QED) is 0.834. The molecule has 0 atom stereocenters. The van der Waals surface area contributed by atoms with Crippen LogP contribution in [0.4, 0.5) is 0 Å². The maximum atomic E-state index is 5.23. The molecule has 0 saturated carbocycles. The van der Waals surface area contributed by atoms with Gasteiger partial charge in [-0.1, -0.05) is 38.1 Å². The van der Waals surface area contributed by atoms with Crippen LogP contribution in [-0.2, 0) is 16.8 Å². The first kappa shape index (κ1) is 12.8. The number of aromatic nitrogens is 2. The Balaban J connectivity index is 2.32. The average molecular weight is 246 g/mol. The first-order chi connectivity index (χ1) is 8.50. The molecule has 0 bridgehead atoms. The molecule has 0 amide bonds. The molecule has 0 spiro atoms. The fourth-order valence-corrected chi connectivity index (χ4v) is 1.68. The summed E-state index contributed by atoms with van der Waals surface area (Å²) in [7, 11) is 1.61. The van der Waals surface area contributed by atoms with Gasteiger partial charge in [0.25, 0.3) is 5.89 Å². The number of ether oxygens (including phenoxy) is 1. The molecular weight excluding hydrogens is 228 g/mol. The molecule has 18 heavy (non-hydrogen) atoms. The van der Waals surface area contributed by atoms with Crippen LogP contribution in [0, 0.1) is 0 Å². The molecular formula is C14H18N2O2. The summed E-state index contributed by atoms with van der Waals surface area (Å²) in [5, 5.41) is 3.86.